The molecule has 32 heavy (non-hydrogen) atoms. The van der Waals surface area contributed by atoms with Crippen LogP contribution in [0.2, 0.25) is 0 Å². The van der Waals surface area contributed by atoms with Crippen LogP contribution in [0.5, 0.6) is 11.5 Å². The molecule has 0 aromatic heterocycles. The lowest BCUT2D eigenvalue weighted by atomic mass is 9.78. The van der Waals surface area contributed by atoms with Crippen LogP contribution in [-0.4, -0.2) is 13.2 Å². The largest absolute Gasteiger partial charge is 0.494 e. The van der Waals surface area contributed by atoms with Crippen LogP contribution in [0.15, 0.2) is 24.3 Å². The van der Waals surface area contributed by atoms with Crippen LogP contribution in [0.1, 0.15) is 129 Å². The van der Waals surface area contributed by atoms with E-state index in [1.54, 1.807) is 0 Å². The molecule has 1 aliphatic carbocycles. The zero-order valence-electron chi connectivity index (χ0n) is 21.4. The third-order valence-electron chi connectivity index (χ3n) is 7.30. The van der Waals surface area contributed by atoms with E-state index >= 15 is 0 Å². The molecule has 0 heterocycles. The second kappa shape index (κ2) is 18.3. The van der Waals surface area contributed by atoms with E-state index in [1.165, 1.54) is 109 Å². The van der Waals surface area contributed by atoms with Gasteiger partial charge in [-0.2, -0.15) is 0 Å². The van der Waals surface area contributed by atoms with E-state index in [0.29, 0.717) is 0 Å². The Labute approximate surface area is 199 Å². The van der Waals surface area contributed by atoms with Crippen LogP contribution in [0.3, 0.4) is 0 Å². The van der Waals surface area contributed by atoms with E-state index < -0.39 is 0 Å². The number of rotatable bonds is 19. The number of unbranched alkanes of at least 4 members (excludes halogenated alkanes) is 9. The molecule has 0 unspecified atom stereocenters. The minimum atomic E-state index is 0.829. The minimum absolute atomic E-state index is 0.829. The lowest BCUT2D eigenvalue weighted by Crippen LogP contribution is -2.15. The predicted octanol–water partition coefficient (Wildman–Crippen LogP) is 9.75. The molecule has 2 rings (SSSR count). The van der Waals surface area contributed by atoms with Gasteiger partial charge in [0.1, 0.15) is 11.5 Å². The van der Waals surface area contributed by atoms with Gasteiger partial charge < -0.3 is 9.47 Å². The molecule has 0 aliphatic heterocycles. The molecule has 2 heteroatoms. The van der Waals surface area contributed by atoms with Gasteiger partial charge in [0.2, 0.25) is 0 Å². The molecule has 1 aliphatic rings. The molecular formula is C30H52O2. The molecule has 0 saturated heterocycles. The first-order valence-corrected chi connectivity index (χ1v) is 14.2. The summed E-state index contributed by atoms with van der Waals surface area (Å²) < 4.78 is 11.9. The lowest BCUT2D eigenvalue weighted by molar-refractivity contribution is 0.228. The molecule has 0 atom stereocenters. The summed E-state index contributed by atoms with van der Waals surface area (Å²) in [5, 5.41) is 0. The second-order valence-corrected chi connectivity index (χ2v) is 10.2. The maximum absolute atomic E-state index is 5.98. The summed E-state index contributed by atoms with van der Waals surface area (Å²) in [6.07, 6.45) is 24.7. The van der Waals surface area contributed by atoms with Gasteiger partial charge >= 0.3 is 0 Å². The van der Waals surface area contributed by atoms with Crippen molar-refractivity contribution in [3.63, 3.8) is 0 Å². The van der Waals surface area contributed by atoms with Gasteiger partial charge in [-0.1, -0.05) is 110 Å². The summed E-state index contributed by atoms with van der Waals surface area (Å²) in [6, 6.07) is 8.23. The number of hydrogen-bond donors (Lipinski definition) is 0. The molecular weight excluding hydrogens is 392 g/mol. The molecule has 1 aromatic carbocycles. The smallest absolute Gasteiger partial charge is 0.119 e. The van der Waals surface area contributed by atoms with Crippen molar-refractivity contribution in [3.05, 3.63) is 24.3 Å². The van der Waals surface area contributed by atoms with Gasteiger partial charge in [-0.15, -0.1) is 0 Å². The molecule has 0 spiro atoms. The van der Waals surface area contributed by atoms with E-state index in [0.717, 1.165) is 43.0 Å². The third-order valence-corrected chi connectivity index (χ3v) is 7.30. The summed E-state index contributed by atoms with van der Waals surface area (Å²) in [5.74, 6) is 3.90. The first kappa shape index (κ1) is 27.1. The Bertz CT molecular complexity index is 530. The van der Waals surface area contributed by atoms with Crippen LogP contribution in [0.4, 0.5) is 0 Å². The van der Waals surface area contributed by atoms with Gasteiger partial charge in [0, 0.05) is 0 Å². The van der Waals surface area contributed by atoms with Crippen molar-refractivity contribution in [2.45, 2.75) is 129 Å². The van der Waals surface area contributed by atoms with Crippen LogP contribution in [-0.2, 0) is 0 Å². The first-order valence-electron chi connectivity index (χ1n) is 14.2. The van der Waals surface area contributed by atoms with Crippen molar-refractivity contribution in [1.82, 2.24) is 0 Å². The van der Waals surface area contributed by atoms with Crippen molar-refractivity contribution < 1.29 is 9.47 Å². The Morgan fingerprint density at radius 2 is 0.938 bits per heavy atom. The van der Waals surface area contributed by atoms with Crippen molar-refractivity contribution in [3.8, 4) is 11.5 Å². The zero-order chi connectivity index (χ0) is 22.7. The first-order chi connectivity index (χ1) is 15.8. The van der Waals surface area contributed by atoms with Gasteiger partial charge in [0.15, 0.2) is 0 Å². The van der Waals surface area contributed by atoms with E-state index in [2.05, 4.69) is 38.1 Å². The molecule has 184 valence electrons. The van der Waals surface area contributed by atoms with Crippen molar-refractivity contribution in [2.75, 3.05) is 13.2 Å². The fourth-order valence-electron chi connectivity index (χ4n) is 5.11. The molecule has 0 N–H and O–H groups in total. The highest BCUT2D eigenvalue weighted by molar-refractivity contribution is 5.31. The number of ether oxygens (including phenoxy) is 2. The monoisotopic (exact) mass is 444 g/mol. The van der Waals surface area contributed by atoms with Crippen LogP contribution in [0.25, 0.3) is 0 Å². The Kier molecular flexibility index (Phi) is 15.5. The number of hydrogen-bond acceptors (Lipinski definition) is 2. The van der Waals surface area contributed by atoms with Crippen molar-refractivity contribution in [2.24, 2.45) is 11.8 Å². The van der Waals surface area contributed by atoms with Crippen LogP contribution < -0.4 is 9.47 Å². The van der Waals surface area contributed by atoms with Gasteiger partial charge in [0.25, 0.3) is 0 Å². The van der Waals surface area contributed by atoms with E-state index in [4.69, 9.17) is 9.47 Å². The Balaban J connectivity index is 1.45. The fourth-order valence-corrected chi connectivity index (χ4v) is 5.11. The highest BCUT2D eigenvalue weighted by Crippen LogP contribution is 2.34. The van der Waals surface area contributed by atoms with E-state index in [-0.39, 0.29) is 0 Å². The Morgan fingerprint density at radius 1 is 0.531 bits per heavy atom. The Morgan fingerprint density at radius 3 is 1.47 bits per heavy atom. The van der Waals surface area contributed by atoms with Gasteiger partial charge in [-0.25, -0.2) is 0 Å². The molecule has 1 saturated carbocycles. The highest BCUT2D eigenvalue weighted by Gasteiger charge is 2.20. The topological polar surface area (TPSA) is 18.5 Å². The fraction of sp³-hybridized carbons (Fsp3) is 0.800. The molecule has 2 nitrogen and oxygen atoms in total. The van der Waals surface area contributed by atoms with Gasteiger partial charge in [-0.05, 0) is 55.4 Å². The summed E-state index contributed by atoms with van der Waals surface area (Å²) >= 11 is 0. The lowest BCUT2D eigenvalue weighted by Gasteiger charge is -2.28. The van der Waals surface area contributed by atoms with E-state index in [9.17, 15) is 0 Å². The average molecular weight is 445 g/mol. The quantitative estimate of drug-likeness (QED) is 0.198. The minimum Gasteiger partial charge on any atom is -0.494 e. The standard InChI is InChI=1S/C30H52O2/c1-3-5-7-8-9-10-11-13-25-31-29-21-23-30(24-22-29)32-26-14-16-28-19-17-27(18-20-28)15-12-6-4-2/h21-24,27-28H,3-20,25-26H2,1-2H3/t27-,28-. The summed E-state index contributed by atoms with van der Waals surface area (Å²) in [7, 11) is 0. The van der Waals surface area contributed by atoms with Gasteiger partial charge in [0.05, 0.1) is 13.2 Å². The average Bonchev–Trinajstić information content (AvgIpc) is 2.83. The molecule has 1 fully saturated rings. The summed E-state index contributed by atoms with van der Waals surface area (Å²) in [4.78, 5) is 0. The molecule has 0 amide bonds. The normalized spacial score (nSPS) is 18.6. The second-order valence-electron chi connectivity index (χ2n) is 10.2. The maximum Gasteiger partial charge on any atom is 0.119 e. The molecule has 0 bridgehead atoms. The van der Waals surface area contributed by atoms with Crippen molar-refractivity contribution in [1.29, 1.82) is 0 Å². The van der Waals surface area contributed by atoms with Crippen LogP contribution >= 0.6 is 0 Å². The summed E-state index contributed by atoms with van der Waals surface area (Å²) in [6.45, 7) is 6.25. The third kappa shape index (κ3) is 12.8. The maximum atomic E-state index is 5.98. The highest BCUT2D eigenvalue weighted by atomic mass is 16.5. The molecule has 1 aromatic rings. The zero-order valence-corrected chi connectivity index (χ0v) is 21.4. The van der Waals surface area contributed by atoms with Crippen LogP contribution in [0, 0.1) is 11.8 Å². The number of benzene rings is 1. The Hall–Kier alpha value is -1.18. The van der Waals surface area contributed by atoms with Crippen molar-refractivity contribution >= 4 is 0 Å². The molecule has 0 radical (unpaired) electrons. The SMILES string of the molecule is CCCCCCCCCCOc1ccc(OCCC[C@H]2CC[C@H](CCCCC)CC2)cc1. The predicted molar refractivity (Wildman–Crippen MR) is 139 cm³/mol. The van der Waals surface area contributed by atoms with E-state index in [1.807, 2.05) is 0 Å². The van der Waals surface area contributed by atoms with Gasteiger partial charge in [-0.3, -0.25) is 0 Å². The summed E-state index contributed by atoms with van der Waals surface area (Å²) in [5.41, 5.74) is 0.